The third-order valence-corrected chi connectivity index (χ3v) is 4.36. The summed E-state index contributed by atoms with van der Waals surface area (Å²) in [5.74, 6) is 0.0665. The van der Waals surface area contributed by atoms with E-state index in [1.807, 2.05) is 13.8 Å². The largest absolute Gasteiger partial charge is 0.355 e. The van der Waals surface area contributed by atoms with Gasteiger partial charge < -0.3 is 5.32 Å². The molecule has 1 fully saturated rings. The number of piperazine rings is 1. The lowest BCUT2D eigenvalue weighted by Gasteiger charge is -2.33. The number of nitrogens with zero attached hydrogens (tertiary/aromatic N) is 2. The number of hydrogen-bond donors (Lipinski definition) is 1. The summed E-state index contributed by atoms with van der Waals surface area (Å²) in [6, 6.07) is 0. The van der Waals surface area contributed by atoms with E-state index in [1.165, 1.54) is 10.6 Å². The van der Waals surface area contributed by atoms with Crippen LogP contribution in [0.5, 0.6) is 0 Å². The molecule has 0 aromatic carbocycles. The molecule has 1 aliphatic heterocycles. The van der Waals surface area contributed by atoms with E-state index in [9.17, 15) is 13.2 Å². The summed E-state index contributed by atoms with van der Waals surface area (Å²) in [6.07, 6.45) is 1.24. The average molecular weight is 277 g/mol. The molecule has 0 aromatic heterocycles. The molecule has 0 bridgehead atoms. The van der Waals surface area contributed by atoms with Crippen molar-refractivity contribution >= 4 is 15.9 Å². The fourth-order valence-corrected chi connectivity index (χ4v) is 2.65. The van der Waals surface area contributed by atoms with Crippen LogP contribution in [0.2, 0.25) is 0 Å². The molecule has 1 amide bonds. The van der Waals surface area contributed by atoms with Crippen molar-refractivity contribution in [2.24, 2.45) is 5.92 Å². The van der Waals surface area contributed by atoms with E-state index in [0.29, 0.717) is 19.6 Å². The number of sulfonamides is 1. The topological polar surface area (TPSA) is 69.7 Å². The van der Waals surface area contributed by atoms with E-state index in [2.05, 4.69) is 10.2 Å². The Hall–Kier alpha value is -0.660. The van der Waals surface area contributed by atoms with Gasteiger partial charge in [0, 0.05) is 45.2 Å². The second-order valence-electron chi connectivity index (χ2n) is 4.95. The first kappa shape index (κ1) is 15.4. The Balaban J connectivity index is 2.22. The second-order valence-corrected chi connectivity index (χ2v) is 6.93. The normalized spacial score (nSPS) is 19.1. The van der Waals surface area contributed by atoms with Crippen LogP contribution < -0.4 is 5.32 Å². The van der Waals surface area contributed by atoms with Gasteiger partial charge in [-0.2, -0.15) is 4.31 Å². The van der Waals surface area contributed by atoms with Gasteiger partial charge in [0.05, 0.1) is 6.26 Å². The second kappa shape index (κ2) is 6.49. The van der Waals surface area contributed by atoms with Gasteiger partial charge in [-0.3, -0.25) is 9.69 Å². The van der Waals surface area contributed by atoms with Gasteiger partial charge in [0.1, 0.15) is 0 Å². The third kappa shape index (κ3) is 4.91. The predicted molar refractivity (Wildman–Crippen MR) is 70.7 cm³/mol. The SMILES string of the molecule is CC(C)C(=O)NCCN1CCN(S(C)(=O)=O)CC1. The maximum Gasteiger partial charge on any atom is 0.222 e. The molecule has 0 aliphatic carbocycles. The van der Waals surface area contributed by atoms with Crippen LogP contribution in [0, 0.1) is 5.92 Å². The van der Waals surface area contributed by atoms with Crippen molar-refractivity contribution < 1.29 is 13.2 Å². The first-order valence-electron chi connectivity index (χ1n) is 6.26. The molecule has 6 nitrogen and oxygen atoms in total. The molecule has 106 valence electrons. The Morgan fingerprint density at radius 1 is 1.22 bits per heavy atom. The molecule has 7 heteroatoms. The molecule has 1 rings (SSSR count). The molecule has 18 heavy (non-hydrogen) atoms. The lowest BCUT2D eigenvalue weighted by Crippen LogP contribution is -2.50. The Labute approximate surface area is 109 Å². The first-order chi connectivity index (χ1) is 8.30. The highest BCUT2D eigenvalue weighted by Gasteiger charge is 2.22. The summed E-state index contributed by atoms with van der Waals surface area (Å²) >= 11 is 0. The number of hydrogen-bond acceptors (Lipinski definition) is 4. The summed E-state index contributed by atoms with van der Waals surface area (Å²) in [5, 5.41) is 2.86. The van der Waals surface area contributed by atoms with Crippen molar-refractivity contribution in [3.8, 4) is 0 Å². The smallest absolute Gasteiger partial charge is 0.222 e. The molecule has 0 aromatic rings. The highest BCUT2D eigenvalue weighted by Crippen LogP contribution is 2.05. The van der Waals surface area contributed by atoms with Crippen molar-refractivity contribution in [3.05, 3.63) is 0 Å². The van der Waals surface area contributed by atoms with Gasteiger partial charge in [0.15, 0.2) is 0 Å². The zero-order valence-corrected chi connectivity index (χ0v) is 12.2. The summed E-state index contributed by atoms with van der Waals surface area (Å²) in [6.45, 7) is 7.65. The van der Waals surface area contributed by atoms with E-state index in [4.69, 9.17) is 0 Å². The Morgan fingerprint density at radius 3 is 2.22 bits per heavy atom. The van der Waals surface area contributed by atoms with Crippen molar-refractivity contribution in [2.45, 2.75) is 13.8 Å². The number of carbonyl (C=O) groups excluding carboxylic acids is 1. The monoisotopic (exact) mass is 277 g/mol. The van der Waals surface area contributed by atoms with Crippen LogP contribution in [0.3, 0.4) is 0 Å². The Bertz CT molecular complexity index is 373. The molecule has 0 atom stereocenters. The van der Waals surface area contributed by atoms with E-state index in [-0.39, 0.29) is 11.8 Å². The van der Waals surface area contributed by atoms with Crippen LogP contribution in [0.4, 0.5) is 0 Å². The van der Waals surface area contributed by atoms with Crippen LogP contribution in [0.1, 0.15) is 13.8 Å². The maximum atomic E-state index is 11.4. The highest BCUT2D eigenvalue weighted by molar-refractivity contribution is 7.88. The van der Waals surface area contributed by atoms with E-state index >= 15 is 0 Å². The van der Waals surface area contributed by atoms with Crippen molar-refractivity contribution in [2.75, 3.05) is 45.5 Å². The molecular formula is C11H23N3O3S. The number of amides is 1. The lowest BCUT2D eigenvalue weighted by molar-refractivity contribution is -0.124. The summed E-state index contributed by atoms with van der Waals surface area (Å²) in [5.41, 5.74) is 0. The minimum absolute atomic E-state index is 0.00656. The van der Waals surface area contributed by atoms with Gasteiger partial charge >= 0.3 is 0 Å². The molecular weight excluding hydrogens is 254 g/mol. The van der Waals surface area contributed by atoms with Gasteiger partial charge in [-0.05, 0) is 0 Å². The van der Waals surface area contributed by atoms with E-state index in [1.54, 1.807) is 0 Å². The fourth-order valence-electron chi connectivity index (χ4n) is 1.83. The van der Waals surface area contributed by atoms with Crippen LogP contribution in [-0.4, -0.2) is 69.1 Å². The van der Waals surface area contributed by atoms with Crippen LogP contribution >= 0.6 is 0 Å². The van der Waals surface area contributed by atoms with Gasteiger partial charge in [-0.25, -0.2) is 8.42 Å². The Kier molecular flexibility index (Phi) is 5.55. The van der Waals surface area contributed by atoms with Crippen LogP contribution in [-0.2, 0) is 14.8 Å². The molecule has 0 spiro atoms. The predicted octanol–water partition coefficient (Wildman–Crippen LogP) is -0.664. The van der Waals surface area contributed by atoms with Crippen LogP contribution in [0.15, 0.2) is 0 Å². The van der Waals surface area contributed by atoms with Gasteiger partial charge in [0.25, 0.3) is 0 Å². The third-order valence-electron chi connectivity index (χ3n) is 3.05. The summed E-state index contributed by atoms with van der Waals surface area (Å²) in [4.78, 5) is 13.5. The number of carbonyl (C=O) groups is 1. The fraction of sp³-hybridized carbons (Fsp3) is 0.909. The molecule has 1 heterocycles. The molecule has 1 saturated heterocycles. The Morgan fingerprint density at radius 2 is 1.78 bits per heavy atom. The quantitative estimate of drug-likeness (QED) is 0.724. The van der Waals surface area contributed by atoms with Gasteiger partial charge in [0.2, 0.25) is 15.9 Å². The minimum atomic E-state index is -3.06. The van der Waals surface area contributed by atoms with Crippen LogP contribution in [0.25, 0.3) is 0 Å². The highest BCUT2D eigenvalue weighted by atomic mass is 32.2. The summed E-state index contributed by atoms with van der Waals surface area (Å²) < 4.78 is 24.1. The molecule has 0 saturated carbocycles. The number of rotatable bonds is 5. The van der Waals surface area contributed by atoms with E-state index in [0.717, 1.165) is 19.6 Å². The standard InChI is InChI=1S/C11H23N3O3S/c1-10(2)11(15)12-4-5-13-6-8-14(9-7-13)18(3,16)17/h10H,4-9H2,1-3H3,(H,12,15). The van der Waals surface area contributed by atoms with E-state index < -0.39 is 10.0 Å². The minimum Gasteiger partial charge on any atom is -0.355 e. The zero-order chi connectivity index (χ0) is 13.8. The molecule has 1 N–H and O–H groups in total. The van der Waals surface area contributed by atoms with Gasteiger partial charge in [-0.15, -0.1) is 0 Å². The number of nitrogens with one attached hydrogen (secondary N) is 1. The van der Waals surface area contributed by atoms with Crippen molar-refractivity contribution in [1.82, 2.24) is 14.5 Å². The molecule has 0 unspecified atom stereocenters. The first-order valence-corrected chi connectivity index (χ1v) is 8.10. The van der Waals surface area contributed by atoms with Crippen molar-refractivity contribution in [1.29, 1.82) is 0 Å². The maximum absolute atomic E-state index is 11.4. The molecule has 1 aliphatic rings. The van der Waals surface area contributed by atoms with Crippen molar-refractivity contribution in [3.63, 3.8) is 0 Å². The zero-order valence-electron chi connectivity index (χ0n) is 11.3. The average Bonchev–Trinajstić information content (AvgIpc) is 2.28. The van der Waals surface area contributed by atoms with Gasteiger partial charge in [-0.1, -0.05) is 13.8 Å². The molecule has 0 radical (unpaired) electrons. The lowest BCUT2D eigenvalue weighted by atomic mass is 10.2. The summed E-state index contributed by atoms with van der Waals surface area (Å²) in [7, 11) is -3.06.